The minimum absolute atomic E-state index is 0.376. The fourth-order valence-electron chi connectivity index (χ4n) is 1.10. The van der Waals surface area contributed by atoms with E-state index in [1.165, 1.54) is 0 Å². The number of rotatable bonds is 7. The minimum Gasteiger partial charge on any atom is -0.325 e. The molecule has 0 aliphatic rings. The Morgan fingerprint density at radius 1 is 1.38 bits per heavy atom. The van der Waals surface area contributed by atoms with Gasteiger partial charge in [0, 0.05) is 0 Å². The molecule has 0 aromatic rings. The largest absolute Gasteiger partial charge is 0.325 e. The molecule has 1 atom stereocenters. The van der Waals surface area contributed by atoms with E-state index in [0.717, 1.165) is 25.7 Å². The molecule has 0 amide bonds. The molecule has 0 bridgehead atoms. The van der Waals surface area contributed by atoms with Crippen LogP contribution in [0.2, 0.25) is 0 Å². The molecule has 0 spiro atoms. The van der Waals surface area contributed by atoms with Gasteiger partial charge in [0.2, 0.25) is 0 Å². The highest BCUT2D eigenvalue weighted by molar-refractivity contribution is 8.06. The van der Waals surface area contributed by atoms with Crippen LogP contribution in [0, 0.1) is 5.92 Å². The van der Waals surface area contributed by atoms with Gasteiger partial charge in [-0.2, -0.15) is 0 Å². The van der Waals surface area contributed by atoms with Crippen LogP contribution in [0.5, 0.6) is 0 Å². The molecular formula is C8H19O3PS. The van der Waals surface area contributed by atoms with Crippen molar-refractivity contribution in [1.29, 1.82) is 0 Å². The maximum Gasteiger partial charge on any atom is 0.321 e. The lowest BCUT2D eigenvalue weighted by molar-refractivity contribution is 0.198. The molecule has 3 nitrogen and oxygen atoms in total. The van der Waals surface area contributed by atoms with Gasteiger partial charge in [-0.05, 0) is 24.1 Å². The Balaban J connectivity index is 3.65. The first-order valence-corrected chi connectivity index (χ1v) is 7.32. The van der Waals surface area contributed by atoms with Gasteiger partial charge in [0.1, 0.15) is 0 Å². The lowest BCUT2D eigenvalue weighted by Crippen LogP contribution is -2.07. The smallest absolute Gasteiger partial charge is 0.321 e. The molecule has 0 radical (unpaired) electrons. The summed E-state index contributed by atoms with van der Waals surface area (Å²) in [5.74, 6) is 0.404. The van der Waals surface area contributed by atoms with Crippen molar-refractivity contribution in [2.45, 2.75) is 39.5 Å². The first-order chi connectivity index (χ1) is 5.99. The summed E-state index contributed by atoms with van der Waals surface area (Å²) in [7, 11) is 0. The Morgan fingerprint density at radius 2 is 2.00 bits per heavy atom. The lowest BCUT2D eigenvalue weighted by Gasteiger charge is -2.16. The molecule has 0 heterocycles. The minimum atomic E-state index is -3.43. The van der Waals surface area contributed by atoms with Gasteiger partial charge < -0.3 is 14.3 Å². The Labute approximate surface area is 85.4 Å². The molecule has 1 unspecified atom stereocenters. The Hall–Kier alpha value is 0.530. The van der Waals surface area contributed by atoms with Crippen LogP contribution in [0.25, 0.3) is 0 Å². The second-order valence-corrected chi connectivity index (χ2v) is 5.87. The van der Waals surface area contributed by atoms with Crippen molar-refractivity contribution < 1.29 is 14.3 Å². The molecule has 2 N–H and O–H groups in total. The molecular weight excluding hydrogens is 207 g/mol. The monoisotopic (exact) mass is 226 g/mol. The standard InChI is InChI=1S/C8H19O3PS/c1-3-5-6-8(4-2)7-11-12(9,10)13/h8H,3-7H2,1-2H3,(H2,9,10,13). The predicted molar refractivity (Wildman–Crippen MR) is 58.0 cm³/mol. The summed E-state index contributed by atoms with van der Waals surface area (Å²) in [5, 5.41) is 0. The van der Waals surface area contributed by atoms with Crippen molar-refractivity contribution in [3.63, 3.8) is 0 Å². The summed E-state index contributed by atoms with van der Waals surface area (Å²) in [6.07, 6.45) is 4.38. The summed E-state index contributed by atoms with van der Waals surface area (Å²) in [5.41, 5.74) is 0. The van der Waals surface area contributed by atoms with Crippen LogP contribution < -0.4 is 0 Å². The van der Waals surface area contributed by atoms with Crippen LogP contribution in [0.3, 0.4) is 0 Å². The van der Waals surface area contributed by atoms with Gasteiger partial charge in [-0.3, -0.25) is 0 Å². The highest BCUT2D eigenvalue weighted by Crippen LogP contribution is 2.37. The summed E-state index contributed by atoms with van der Waals surface area (Å²) < 4.78 is 4.82. The molecule has 0 aliphatic carbocycles. The average molecular weight is 226 g/mol. The van der Waals surface area contributed by atoms with Crippen molar-refractivity contribution in [2.75, 3.05) is 6.61 Å². The van der Waals surface area contributed by atoms with Crippen molar-refractivity contribution in [3.8, 4) is 0 Å². The molecule has 0 saturated carbocycles. The molecule has 0 fully saturated rings. The van der Waals surface area contributed by atoms with Crippen molar-refractivity contribution in [2.24, 2.45) is 5.92 Å². The van der Waals surface area contributed by atoms with E-state index in [1.54, 1.807) is 0 Å². The van der Waals surface area contributed by atoms with Gasteiger partial charge in [-0.25, -0.2) is 0 Å². The highest BCUT2D eigenvalue weighted by atomic mass is 32.5. The van der Waals surface area contributed by atoms with Crippen LogP contribution in [-0.2, 0) is 16.3 Å². The first kappa shape index (κ1) is 13.5. The van der Waals surface area contributed by atoms with Gasteiger partial charge in [-0.1, -0.05) is 33.1 Å². The molecule has 13 heavy (non-hydrogen) atoms. The van der Waals surface area contributed by atoms with E-state index in [1.807, 2.05) is 0 Å². The lowest BCUT2D eigenvalue weighted by atomic mass is 10.0. The topological polar surface area (TPSA) is 49.7 Å². The normalized spacial score (nSPS) is 14.5. The summed E-state index contributed by atoms with van der Waals surface area (Å²) in [6, 6.07) is 0. The SMILES string of the molecule is CCCCC(CC)COP(O)(O)=S. The maximum atomic E-state index is 8.85. The van der Waals surface area contributed by atoms with Gasteiger partial charge in [0.25, 0.3) is 0 Å². The first-order valence-electron chi connectivity index (χ1n) is 4.69. The zero-order chi connectivity index (χ0) is 10.3. The molecule has 0 aromatic carbocycles. The van der Waals surface area contributed by atoms with Gasteiger partial charge >= 0.3 is 6.72 Å². The molecule has 0 saturated heterocycles. The third kappa shape index (κ3) is 8.85. The van der Waals surface area contributed by atoms with E-state index in [0.29, 0.717) is 12.5 Å². The van der Waals surface area contributed by atoms with E-state index in [4.69, 9.17) is 14.3 Å². The number of unbranched alkanes of at least 4 members (excludes halogenated alkanes) is 1. The van der Waals surface area contributed by atoms with E-state index >= 15 is 0 Å². The number of hydrogen-bond donors (Lipinski definition) is 2. The van der Waals surface area contributed by atoms with Crippen LogP contribution >= 0.6 is 6.72 Å². The van der Waals surface area contributed by atoms with Crippen LogP contribution in [0.15, 0.2) is 0 Å². The summed E-state index contributed by atoms with van der Waals surface area (Å²) in [6.45, 7) is 1.15. The Bertz CT molecular complexity index is 169. The fraction of sp³-hybridized carbons (Fsp3) is 1.00. The van der Waals surface area contributed by atoms with E-state index in [9.17, 15) is 0 Å². The van der Waals surface area contributed by atoms with Gasteiger partial charge in [0.15, 0.2) is 0 Å². The van der Waals surface area contributed by atoms with Gasteiger partial charge in [0.05, 0.1) is 6.61 Å². The van der Waals surface area contributed by atoms with E-state index in [2.05, 4.69) is 25.7 Å². The summed E-state index contributed by atoms with van der Waals surface area (Å²) in [4.78, 5) is 17.7. The fourth-order valence-corrected chi connectivity index (χ4v) is 1.69. The van der Waals surface area contributed by atoms with Crippen molar-refractivity contribution in [1.82, 2.24) is 0 Å². The van der Waals surface area contributed by atoms with Crippen LogP contribution in [-0.4, -0.2) is 16.4 Å². The third-order valence-corrected chi connectivity index (χ3v) is 2.82. The zero-order valence-corrected chi connectivity index (χ0v) is 9.98. The molecule has 0 rings (SSSR count). The second kappa shape index (κ2) is 6.91. The van der Waals surface area contributed by atoms with Crippen LogP contribution in [0.4, 0.5) is 0 Å². The molecule has 0 aliphatic heterocycles. The van der Waals surface area contributed by atoms with Crippen molar-refractivity contribution in [3.05, 3.63) is 0 Å². The molecule has 5 heteroatoms. The zero-order valence-electron chi connectivity index (χ0n) is 8.27. The molecule has 0 aromatic heterocycles. The van der Waals surface area contributed by atoms with E-state index in [-0.39, 0.29) is 0 Å². The second-order valence-electron chi connectivity index (χ2n) is 3.20. The van der Waals surface area contributed by atoms with Gasteiger partial charge in [-0.15, -0.1) is 0 Å². The van der Waals surface area contributed by atoms with Crippen molar-refractivity contribution >= 4 is 18.5 Å². The summed E-state index contributed by atoms with van der Waals surface area (Å²) >= 11 is 4.36. The third-order valence-electron chi connectivity index (χ3n) is 2.02. The average Bonchev–Trinajstić information content (AvgIpc) is 2.03. The Kier molecular flexibility index (Phi) is 7.19. The van der Waals surface area contributed by atoms with E-state index < -0.39 is 6.72 Å². The van der Waals surface area contributed by atoms with Crippen LogP contribution in [0.1, 0.15) is 39.5 Å². The Morgan fingerprint density at radius 3 is 2.38 bits per heavy atom. The number of hydrogen-bond acceptors (Lipinski definition) is 2. The predicted octanol–water partition coefficient (Wildman–Crippen LogP) is 2.43. The quantitative estimate of drug-likeness (QED) is 0.655. The molecule has 80 valence electrons. The maximum absolute atomic E-state index is 8.85. The highest BCUT2D eigenvalue weighted by Gasteiger charge is 2.12.